The minimum absolute atomic E-state index is 0.0145. The first-order valence-electron chi connectivity index (χ1n) is 5.08. The molecule has 1 unspecified atom stereocenters. The van der Waals surface area contributed by atoms with Crippen LogP contribution in [0.2, 0.25) is 0 Å². The zero-order valence-electron chi connectivity index (χ0n) is 8.60. The number of nitrogens with one attached hydrogen (secondary N) is 1. The summed E-state index contributed by atoms with van der Waals surface area (Å²) in [6.07, 6.45) is -3.13. The lowest BCUT2D eigenvalue weighted by Crippen LogP contribution is -2.54. The van der Waals surface area contributed by atoms with Gasteiger partial charge in [0.25, 0.3) is 0 Å². The standard InChI is InChI=1S/C9H15F3N2O/c1-2-13-8(15)14-6-4-3-5-7(14)9(10,11)12/h7H,2-6H2,1H3,(H,13,15). The van der Waals surface area contributed by atoms with Crippen molar-refractivity contribution in [3.63, 3.8) is 0 Å². The lowest BCUT2D eigenvalue weighted by Gasteiger charge is -2.36. The average molecular weight is 224 g/mol. The maximum Gasteiger partial charge on any atom is 0.408 e. The first kappa shape index (κ1) is 12.1. The number of halogens is 3. The number of alkyl halides is 3. The first-order chi connectivity index (χ1) is 6.96. The van der Waals surface area contributed by atoms with E-state index in [1.165, 1.54) is 0 Å². The molecule has 1 fully saturated rings. The van der Waals surface area contributed by atoms with Crippen LogP contribution in [0.4, 0.5) is 18.0 Å². The van der Waals surface area contributed by atoms with Gasteiger partial charge in [0.05, 0.1) is 0 Å². The minimum Gasteiger partial charge on any atom is -0.338 e. The highest BCUT2D eigenvalue weighted by Gasteiger charge is 2.46. The Bertz CT molecular complexity index is 230. The third kappa shape index (κ3) is 3.00. The second-order valence-corrected chi connectivity index (χ2v) is 3.58. The van der Waals surface area contributed by atoms with Gasteiger partial charge in [-0.05, 0) is 26.2 Å². The molecule has 0 spiro atoms. The largest absolute Gasteiger partial charge is 0.408 e. The number of hydrogen-bond donors (Lipinski definition) is 1. The zero-order valence-corrected chi connectivity index (χ0v) is 8.60. The second-order valence-electron chi connectivity index (χ2n) is 3.58. The number of piperidine rings is 1. The number of urea groups is 1. The molecule has 3 nitrogen and oxygen atoms in total. The number of amides is 2. The quantitative estimate of drug-likeness (QED) is 0.727. The van der Waals surface area contributed by atoms with Crippen LogP contribution in [0.5, 0.6) is 0 Å². The van der Waals surface area contributed by atoms with Crippen LogP contribution in [0.15, 0.2) is 0 Å². The summed E-state index contributed by atoms with van der Waals surface area (Å²) in [4.78, 5) is 12.3. The van der Waals surface area contributed by atoms with Gasteiger partial charge in [0.15, 0.2) is 0 Å². The SMILES string of the molecule is CCNC(=O)N1CCCCC1C(F)(F)F. The molecule has 0 saturated carbocycles. The van der Waals surface area contributed by atoms with Gasteiger partial charge in [-0.15, -0.1) is 0 Å². The van der Waals surface area contributed by atoms with Crippen LogP contribution in [0.3, 0.4) is 0 Å². The van der Waals surface area contributed by atoms with Crippen molar-refractivity contribution in [3.8, 4) is 0 Å². The Kier molecular flexibility index (Phi) is 3.82. The van der Waals surface area contributed by atoms with Crippen molar-refractivity contribution in [2.24, 2.45) is 0 Å². The van der Waals surface area contributed by atoms with Crippen molar-refractivity contribution in [1.82, 2.24) is 10.2 Å². The predicted molar refractivity (Wildman–Crippen MR) is 49.5 cm³/mol. The van der Waals surface area contributed by atoms with E-state index in [4.69, 9.17) is 0 Å². The van der Waals surface area contributed by atoms with Crippen LogP contribution in [0, 0.1) is 0 Å². The molecule has 1 aliphatic heterocycles. The lowest BCUT2D eigenvalue weighted by atomic mass is 10.0. The summed E-state index contributed by atoms with van der Waals surface area (Å²) in [5, 5.41) is 2.40. The van der Waals surface area contributed by atoms with Gasteiger partial charge >= 0.3 is 12.2 Å². The first-order valence-corrected chi connectivity index (χ1v) is 5.08. The molecular formula is C9H15F3N2O. The Morgan fingerprint density at radius 3 is 2.67 bits per heavy atom. The minimum atomic E-state index is -4.31. The van der Waals surface area contributed by atoms with E-state index in [-0.39, 0.29) is 13.0 Å². The Morgan fingerprint density at radius 1 is 1.47 bits per heavy atom. The number of rotatable bonds is 1. The van der Waals surface area contributed by atoms with Crippen LogP contribution in [0.1, 0.15) is 26.2 Å². The third-order valence-electron chi connectivity index (χ3n) is 2.47. The Hall–Kier alpha value is -0.940. The van der Waals surface area contributed by atoms with Crippen molar-refractivity contribution in [3.05, 3.63) is 0 Å². The van der Waals surface area contributed by atoms with Gasteiger partial charge in [-0.25, -0.2) is 4.79 Å². The summed E-state index contributed by atoms with van der Waals surface area (Å²) in [7, 11) is 0. The normalized spacial score (nSPS) is 22.7. The summed E-state index contributed by atoms with van der Waals surface area (Å²) in [6, 6.07) is -2.22. The van der Waals surface area contributed by atoms with Crippen LogP contribution in [-0.2, 0) is 0 Å². The summed E-state index contributed by atoms with van der Waals surface area (Å²) in [6.45, 7) is 2.22. The van der Waals surface area contributed by atoms with E-state index < -0.39 is 18.2 Å². The molecule has 0 aromatic rings. The highest BCUT2D eigenvalue weighted by Crippen LogP contribution is 2.31. The molecule has 1 atom stereocenters. The second kappa shape index (κ2) is 4.72. The number of likely N-dealkylation sites (tertiary alicyclic amines) is 1. The van der Waals surface area contributed by atoms with Gasteiger partial charge in [0, 0.05) is 13.1 Å². The number of carbonyl (C=O) groups is 1. The van der Waals surface area contributed by atoms with Gasteiger partial charge in [-0.2, -0.15) is 13.2 Å². The molecule has 6 heteroatoms. The topological polar surface area (TPSA) is 32.3 Å². The van der Waals surface area contributed by atoms with Crippen molar-refractivity contribution in [2.75, 3.05) is 13.1 Å². The van der Waals surface area contributed by atoms with Crippen molar-refractivity contribution >= 4 is 6.03 Å². The molecule has 0 aromatic heterocycles. The molecule has 1 heterocycles. The van der Waals surface area contributed by atoms with E-state index >= 15 is 0 Å². The number of carbonyl (C=O) groups excluding carboxylic acids is 1. The van der Waals surface area contributed by atoms with Gasteiger partial charge < -0.3 is 10.2 Å². The van der Waals surface area contributed by atoms with Gasteiger partial charge in [0.2, 0.25) is 0 Å². The summed E-state index contributed by atoms with van der Waals surface area (Å²) >= 11 is 0. The predicted octanol–water partition coefficient (Wildman–Crippen LogP) is 2.13. The van der Waals surface area contributed by atoms with E-state index in [0.717, 1.165) is 4.90 Å². The smallest absolute Gasteiger partial charge is 0.338 e. The Balaban J connectivity index is 2.70. The molecule has 1 saturated heterocycles. The molecule has 1 rings (SSSR count). The fourth-order valence-corrected chi connectivity index (χ4v) is 1.77. The molecule has 88 valence electrons. The van der Waals surface area contributed by atoms with Gasteiger partial charge in [-0.3, -0.25) is 0 Å². The van der Waals surface area contributed by atoms with E-state index in [1.807, 2.05) is 0 Å². The zero-order chi connectivity index (χ0) is 11.5. The van der Waals surface area contributed by atoms with E-state index in [9.17, 15) is 18.0 Å². The van der Waals surface area contributed by atoms with Crippen LogP contribution in [-0.4, -0.2) is 36.2 Å². The summed E-state index contributed by atoms with van der Waals surface area (Å²) in [5.41, 5.74) is 0. The number of hydrogen-bond acceptors (Lipinski definition) is 1. The van der Waals surface area contributed by atoms with Gasteiger partial charge in [-0.1, -0.05) is 0 Å². The van der Waals surface area contributed by atoms with Crippen LogP contribution < -0.4 is 5.32 Å². The van der Waals surface area contributed by atoms with E-state index in [2.05, 4.69) is 5.32 Å². The average Bonchev–Trinajstić information content (AvgIpc) is 2.17. The van der Waals surface area contributed by atoms with Crippen molar-refractivity contribution in [2.45, 2.75) is 38.4 Å². The number of nitrogens with zero attached hydrogens (tertiary/aromatic N) is 1. The molecule has 15 heavy (non-hydrogen) atoms. The van der Waals surface area contributed by atoms with Crippen molar-refractivity contribution < 1.29 is 18.0 Å². The highest BCUT2D eigenvalue weighted by molar-refractivity contribution is 5.74. The van der Waals surface area contributed by atoms with E-state index in [0.29, 0.717) is 19.4 Å². The molecule has 1 N–H and O–H groups in total. The third-order valence-corrected chi connectivity index (χ3v) is 2.47. The van der Waals surface area contributed by atoms with Crippen LogP contribution in [0.25, 0.3) is 0 Å². The highest BCUT2D eigenvalue weighted by atomic mass is 19.4. The Labute approximate surface area is 86.6 Å². The van der Waals surface area contributed by atoms with Crippen molar-refractivity contribution in [1.29, 1.82) is 0 Å². The monoisotopic (exact) mass is 224 g/mol. The molecule has 0 radical (unpaired) electrons. The fourth-order valence-electron chi connectivity index (χ4n) is 1.77. The van der Waals surface area contributed by atoms with Gasteiger partial charge in [0.1, 0.15) is 6.04 Å². The molecular weight excluding hydrogens is 209 g/mol. The molecule has 2 amide bonds. The molecule has 1 aliphatic rings. The maximum absolute atomic E-state index is 12.6. The Morgan fingerprint density at radius 2 is 2.13 bits per heavy atom. The van der Waals surface area contributed by atoms with E-state index in [1.54, 1.807) is 6.92 Å². The summed E-state index contributed by atoms with van der Waals surface area (Å²) < 4.78 is 37.7. The lowest BCUT2D eigenvalue weighted by molar-refractivity contribution is -0.182. The fraction of sp³-hybridized carbons (Fsp3) is 0.889. The molecule has 0 bridgehead atoms. The summed E-state index contributed by atoms with van der Waals surface area (Å²) in [5.74, 6) is 0. The molecule has 0 aromatic carbocycles. The van der Waals surface area contributed by atoms with Crippen LogP contribution >= 0.6 is 0 Å². The molecule has 0 aliphatic carbocycles. The maximum atomic E-state index is 12.6.